The first-order valence-electron chi connectivity index (χ1n) is 14.4. The van der Waals surface area contributed by atoms with E-state index in [4.69, 9.17) is 14.2 Å². The number of hydrogen-bond acceptors (Lipinski definition) is 6. The maximum Gasteiger partial charge on any atom is 0.254 e. The molecule has 1 heterocycles. The van der Waals surface area contributed by atoms with Crippen LogP contribution in [0.25, 0.3) is 0 Å². The highest BCUT2D eigenvalue weighted by Crippen LogP contribution is 2.30. The van der Waals surface area contributed by atoms with E-state index >= 15 is 0 Å². The molecule has 38 heavy (non-hydrogen) atoms. The Bertz CT molecular complexity index is 887. The van der Waals surface area contributed by atoms with E-state index in [1.54, 1.807) is 32.4 Å². The molecule has 2 unspecified atom stereocenters. The van der Waals surface area contributed by atoms with Crippen LogP contribution in [-0.4, -0.2) is 88.3 Å². The Hall–Kier alpha value is -2.32. The smallest absolute Gasteiger partial charge is 0.254 e. The van der Waals surface area contributed by atoms with Crippen LogP contribution in [0.5, 0.6) is 11.5 Å². The fourth-order valence-corrected chi connectivity index (χ4v) is 5.72. The van der Waals surface area contributed by atoms with Gasteiger partial charge in [0.25, 0.3) is 5.91 Å². The number of benzene rings is 1. The van der Waals surface area contributed by atoms with Crippen LogP contribution >= 0.6 is 0 Å². The van der Waals surface area contributed by atoms with E-state index in [-0.39, 0.29) is 23.8 Å². The highest BCUT2D eigenvalue weighted by molar-refractivity contribution is 5.95. The zero-order chi connectivity index (χ0) is 27.5. The number of nitrogens with zero attached hydrogens (tertiary/aromatic N) is 2. The molecular formula is C30H49N3O5. The second-order valence-electron chi connectivity index (χ2n) is 11.3. The highest BCUT2D eigenvalue weighted by Gasteiger charge is 2.33. The molecule has 0 spiro atoms. The summed E-state index contributed by atoms with van der Waals surface area (Å²) >= 11 is 0. The van der Waals surface area contributed by atoms with E-state index in [0.717, 1.165) is 26.1 Å². The molecule has 1 aliphatic carbocycles. The van der Waals surface area contributed by atoms with Crippen molar-refractivity contribution in [1.82, 2.24) is 15.1 Å². The van der Waals surface area contributed by atoms with Gasteiger partial charge in [-0.15, -0.1) is 0 Å². The summed E-state index contributed by atoms with van der Waals surface area (Å²) in [4.78, 5) is 30.5. The molecule has 2 aliphatic rings. The first-order chi connectivity index (χ1) is 18.3. The van der Waals surface area contributed by atoms with Gasteiger partial charge in [0.15, 0.2) is 11.5 Å². The zero-order valence-corrected chi connectivity index (χ0v) is 24.2. The number of ether oxygens (including phenoxy) is 3. The van der Waals surface area contributed by atoms with Gasteiger partial charge in [0.1, 0.15) is 0 Å². The molecule has 0 radical (unpaired) electrons. The molecular weight excluding hydrogens is 482 g/mol. The largest absolute Gasteiger partial charge is 0.493 e. The molecule has 2 atom stereocenters. The number of methoxy groups -OCH3 is 2. The predicted octanol–water partition coefficient (Wildman–Crippen LogP) is 4.23. The van der Waals surface area contributed by atoms with E-state index in [0.29, 0.717) is 55.1 Å². The molecule has 8 nitrogen and oxygen atoms in total. The fourth-order valence-electron chi connectivity index (χ4n) is 5.72. The molecule has 8 heteroatoms. The summed E-state index contributed by atoms with van der Waals surface area (Å²) in [7, 11) is 5.21. The molecule has 1 aromatic carbocycles. The first kappa shape index (κ1) is 30.2. The summed E-state index contributed by atoms with van der Waals surface area (Å²) in [6, 6.07) is 5.43. The number of carbonyl (C=O) groups is 2. The zero-order valence-electron chi connectivity index (χ0n) is 24.2. The summed E-state index contributed by atoms with van der Waals surface area (Å²) in [5.74, 6) is 2.57. The van der Waals surface area contributed by atoms with Gasteiger partial charge in [-0.1, -0.05) is 19.3 Å². The predicted molar refractivity (Wildman–Crippen MR) is 150 cm³/mol. The lowest BCUT2D eigenvalue weighted by molar-refractivity contribution is -0.131. The van der Waals surface area contributed by atoms with E-state index in [1.807, 2.05) is 16.8 Å². The van der Waals surface area contributed by atoms with E-state index in [9.17, 15) is 9.59 Å². The molecule has 1 saturated carbocycles. The van der Waals surface area contributed by atoms with Crippen molar-refractivity contribution in [3.8, 4) is 11.5 Å². The number of hydrogen-bond donors (Lipinski definition) is 1. The van der Waals surface area contributed by atoms with Gasteiger partial charge in [-0.25, -0.2) is 0 Å². The summed E-state index contributed by atoms with van der Waals surface area (Å²) in [5, 5.41) is 3.51. The molecule has 214 valence electrons. The maximum atomic E-state index is 13.7. The quantitative estimate of drug-likeness (QED) is 0.362. The lowest BCUT2D eigenvalue weighted by Gasteiger charge is -2.33. The van der Waals surface area contributed by atoms with Crippen molar-refractivity contribution in [3.63, 3.8) is 0 Å². The topological polar surface area (TPSA) is 80.3 Å². The van der Waals surface area contributed by atoms with Crippen LogP contribution in [0.4, 0.5) is 0 Å². The van der Waals surface area contributed by atoms with Crippen molar-refractivity contribution in [2.45, 2.75) is 64.8 Å². The van der Waals surface area contributed by atoms with Gasteiger partial charge in [0.2, 0.25) is 5.91 Å². The molecule has 1 saturated heterocycles. The van der Waals surface area contributed by atoms with E-state index < -0.39 is 0 Å². The molecule has 2 amide bonds. The summed E-state index contributed by atoms with van der Waals surface area (Å²) in [6.45, 7) is 8.30. The Morgan fingerprint density at radius 2 is 1.71 bits per heavy atom. The van der Waals surface area contributed by atoms with Gasteiger partial charge in [0.05, 0.1) is 13.7 Å². The Balaban J connectivity index is 1.63. The van der Waals surface area contributed by atoms with Crippen molar-refractivity contribution in [2.24, 2.45) is 17.8 Å². The highest BCUT2D eigenvalue weighted by atomic mass is 16.5. The third-order valence-electron chi connectivity index (χ3n) is 8.08. The lowest BCUT2D eigenvalue weighted by atomic mass is 9.86. The number of rotatable bonds is 14. The molecule has 0 bridgehead atoms. The molecule has 1 aromatic rings. The second-order valence-corrected chi connectivity index (χ2v) is 11.3. The average molecular weight is 532 g/mol. The summed E-state index contributed by atoms with van der Waals surface area (Å²) in [5.41, 5.74) is 0.587. The molecule has 1 aliphatic heterocycles. The summed E-state index contributed by atoms with van der Waals surface area (Å²) in [6.07, 6.45) is 7.61. The Labute approximate surface area is 229 Å². The standard InChI is InChI=1S/C30H49N3O5/c1-22(2)33(30(35)24-12-13-27(37-5)28(17-24)38-15-9-14-36-4)21-26-19-31-18-25(26)20-32(3)29(34)16-23-10-7-6-8-11-23/h12-13,17,22-23,25-26,31H,6-11,14-16,18-21H2,1-5H3. The first-order valence-corrected chi connectivity index (χ1v) is 14.4. The van der Waals surface area contributed by atoms with E-state index in [2.05, 4.69) is 19.2 Å². The SMILES string of the molecule is COCCCOc1cc(C(=O)N(CC2CNCC2CN(C)C(=O)CC2CCCCC2)C(C)C)ccc1OC. The van der Waals surface area contributed by atoms with Crippen molar-refractivity contribution in [1.29, 1.82) is 0 Å². The van der Waals surface area contributed by atoms with Gasteiger partial charge in [-0.3, -0.25) is 9.59 Å². The average Bonchev–Trinajstić information content (AvgIpc) is 3.36. The number of amides is 2. The van der Waals surface area contributed by atoms with Crippen LogP contribution < -0.4 is 14.8 Å². The van der Waals surface area contributed by atoms with Crippen LogP contribution in [0.1, 0.15) is 69.2 Å². The van der Waals surface area contributed by atoms with E-state index in [1.165, 1.54) is 32.1 Å². The van der Waals surface area contributed by atoms with Crippen molar-refractivity contribution in [2.75, 3.05) is 60.7 Å². The number of nitrogens with one attached hydrogen (secondary N) is 1. The van der Waals surface area contributed by atoms with Gasteiger partial charge >= 0.3 is 0 Å². The third-order valence-corrected chi connectivity index (χ3v) is 8.08. The third kappa shape index (κ3) is 8.60. The minimum atomic E-state index is -0.0169. The normalized spacial score (nSPS) is 19.9. The summed E-state index contributed by atoms with van der Waals surface area (Å²) < 4.78 is 16.5. The van der Waals surface area contributed by atoms with Gasteiger partial charge in [-0.2, -0.15) is 0 Å². The minimum Gasteiger partial charge on any atom is -0.493 e. The van der Waals surface area contributed by atoms with Crippen molar-refractivity contribution < 1.29 is 23.8 Å². The second kappa shape index (κ2) is 15.3. The molecule has 2 fully saturated rings. The minimum absolute atomic E-state index is 0.0169. The maximum absolute atomic E-state index is 13.7. The van der Waals surface area contributed by atoms with Crippen LogP contribution in [-0.2, 0) is 9.53 Å². The van der Waals surface area contributed by atoms with Gasteiger partial charge in [0, 0.05) is 71.4 Å². The van der Waals surface area contributed by atoms with Crippen LogP contribution in [0.15, 0.2) is 18.2 Å². The van der Waals surface area contributed by atoms with Crippen molar-refractivity contribution >= 4 is 11.8 Å². The fraction of sp³-hybridized carbons (Fsp3) is 0.733. The van der Waals surface area contributed by atoms with Gasteiger partial charge in [-0.05, 0) is 62.6 Å². The van der Waals surface area contributed by atoms with Crippen molar-refractivity contribution in [3.05, 3.63) is 23.8 Å². The molecule has 3 rings (SSSR count). The Kier molecular flexibility index (Phi) is 12.2. The van der Waals surface area contributed by atoms with Crippen LogP contribution in [0.3, 0.4) is 0 Å². The van der Waals surface area contributed by atoms with Crippen LogP contribution in [0.2, 0.25) is 0 Å². The van der Waals surface area contributed by atoms with Gasteiger partial charge < -0.3 is 29.3 Å². The molecule has 0 aromatic heterocycles. The van der Waals surface area contributed by atoms with Crippen LogP contribution in [0, 0.1) is 17.8 Å². The Morgan fingerprint density at radius 1 is 1.00 bits per heavy atom. The Morgan fingerprint density at radius 3 is 2.37 bits per heavy atom. The monoisotopic (exact) mass is 531 g/mol. The lowest BCUT2D eigenvalue weighted by Crippen LogP contribution is -2.44. The number of carbonyl (C=O) groups excluding carboxylic acids is 2. The molecule has 1 N–H and O–H groups in total.